The third-order valence-corrected chi connectivity index (χ3v) is 7.37. The molecule has 7 heteroatoms. The minimum absolute atomic E-state index is 0.249. The molecule has 0 bridgehead atoms. The molecule has 2 atom stereocenters. The molecule has 1 fully saturated rings. The lowest BCUT2D eigenvalue weighted by atomic mass is 9.85. The van der Waals surface area contributed by atoms with Crippen LogP contribution >= 0.6 is 11.3 Å². The average Bonchev–Trinajstić information content (AvgIpc) is 3.41. The van der Waals surface area contributed by atoms with Gasteiger partial charge >= 0.3 is 0 Å². The Labute approximate surface area is 192 Å². The maximum absolute atomic E-state index is 9.42. The van der Waals surface area contributed by atoms with Crippen LogP contribution in [0.2, 0.25) is 0 Å². The van der Waals surface area contributed by atoms with Gasteiger partial charge < -0.3 is 9.84 Å². The van der Waals surface area contributed by atoms with Gasteiger partial charge in [-0.15, -0.1) is 16.4 Å². The van der Waals surface area contributed by atoms with E-state index in [2.05, 4.69) is 53.0 Å². The number of unbranched alkanes of at least 4 members (excludes halogenated alkanes) is 1. The molecule has 3 heterocycles. The lowest BCUT2D eigenvalue weighted by Crippen LogP contribution is -2.39. The highest BCUT2D eigenvalue weighted by molar-refractivity contribution is 7.12. The van der Waals surface area contributed by atoms with E-state index in [0.717, 1.165) is 51.2 Å². The van der Waals surface area contributed by atoms with E-state index in [1.165, 1.54) is 34.6 Å². The van der Waals surface area contributed by atoms with Crippen LogP contribution in [0, 0.1) is 0 Å². The molecule has 0 spiro atoms. The number of piperidine rings is 1. The minimum atomic E-state index is 0.249. The monoisotopic (exact) mass is 450 g/mol. The topological polar surface area (TPSA) is 63.4 Å². The molecule has 3 rings (SSSR count). The first kappa shape index (κ1) is 26.0. The summed E-state index contributed by atoms with van der Waals surface area (Å²) in [6.45, 7) is 12.7. The molecule has 176 valence electrons. The second-order valence-corrected chi connectivity index (χ2v) is 9.58. The van der Waals surface area contributed by atoms with Crippen molar-refractivity contribution in [3.05, 3.63) is 33.3 Å². The molecule has 0 amide bonds. The summed E-state index contributed by atoms with van der Waals surface area (Å²) >= 11 is 1.90. The summed E-state index contributed by atoms with van der Waals surface area (Å²) in [6.07, 6.45) is 8.71. The smallest absolute Gasteiger partial charge is 0.0967 e. The molecule has 0 saturated carbocycles. The summed E-state index contributed by atoms with van der Waals surface area (Å²) in [7, 11) is 1.68. The van der Waals surface area contributed by atoms with E-state index in [4.69, 9.17) is 0 Å². The van der Waals surface area contributed by atoms with Gasteiger partial charge in [0.1, 0.15) is 0 Å². The van der Waals surface area contributed by atoms with Crippen LogP contribution in [-0.4, -0.2) is 57.9 Å². The number of methoxy groups -OCH3 is 1. The fourth-order valence-electron chi connectivity index (χ4n) is 4.10. The Morgan fingerprint density at radius 1 is 1.29 bits per heavy atom. The predicted octanol–water partition coefficient (Wildman–Crippen LogP) is 4.66. The van der Waals surface area contributed by atoms with Crippen molar-refractivity contribution < 1.29 is 9.84 Å². The lowest BCUT2D eigenvalue weighted by Gasteiger charge is -2.37. The number of hydrogen-bond donors (Lipinski definition) is 1. The van der Waals surface area contributed by atoms with Gasteiger partial charge in [0.15, 0.2) is 0 Å². The second kappa shape index (κ2) is 14.0. The van der Waals surface area contributed by atoms with Crippen molar-refractivity contribution in [2.24, 2.45) is 0 Å². The van der Waals surface area contributed by atoms with Crippen molar-refractivity contribution in [3.63, 3.8) is 0 Å². The van der Waals surface area contributed by atoms with E-state index in [1.54, 1.807) is 7.11 Å². The van der Waals surface area contributed by atoms with Gasteiger partial charge in [0.2, 0.25) is 0 Å². The van der Waals surface area contributed by atoms with Crippen molar-refractivity contribution in [3.8, 4) is 0 Å². The zero-order chi connectivity index (χ0) is 22.6. The first-order valence-corrected chi connectivity index (χ1v) is 12.7. The van der Waals surface area contributed by atoms with E-state index in [-0.39, 0.29) is 6.61 Å². The molecule has 1 saturated heterocycles. The molecule has 2 aromatic rings. The Kier molecular flexibility index (Phi) is 11.7. The molecule has 2 aromatic heterocycles. The van der Waals surface area contributed by atoms with Crippen LogP contribution in [0.4, 0.5) is 0 Å². The SMILES string of the molecule is CCCCn1cc(CN2CCC(c3cc(CC)sc3CCO)C[C@@H]2C)nn1.CCOC. The molecule has 0 aliphatic carbocycles. The Morgan fingerprint density at radius 2 is 2.06 bits per heavy atom. The highest BCUT2D eigenvalue weighted by atomic mass is 32.1. The summed E-state index contributed by atoms with van der Waals surface area (Å²) in [4.78, 5) is 5.40. The minimum Gasteiger partial charge on any atom is -0.396 e. The van der Waals surface area contributed by atoms with Crippen LogP contribution in [0.1, 0.15) is 80.3 Å². The molecular formula is C24H42N4O2S. The Bertz CT molecular complexity index is 744. The van der Waals surface area contributed by atoms with Gasteiger partial charge in [0, 0.05) is 61.8 Å². The first-order valence-electron chi connectivity index (χ1n) is 11.9. The molecule has 6 nitrogen and oxygen atoms in total. The number of aromatic nitrogens is 3. The Balaban J connectivity index is 0.000000785. The summed E-state index contributed by atoms with van der Waals surface area (Å²) in [5.74, 6) is 0.620. The lowest BCUT2D eigenvalue weighted by molar-refractivity contribution is 0.137. The number of rotatable bonds is 10. The zero-order valence-electron chi connectivity index (χ0n) is 20.1. The standard InChI is InChI=1S/C21H34N4OS.C3H8O/c1-4-6-9-25-15-18(22-23-25)14-24-10-7-17(12-16(24)3)20-13-19(5-2)27-21(20)8-11-26;1-3-4-2/h13,15-17,26H,4-12,14H2,1-3H3;3H2,1-2H3/t16-,17?;/m0./s1. The van der Waals surface area contributed by atoms with Crippen LogP contribution in [0.25, 0.3) is 0 Å². The van der Waals surface area contributed by atoms with Gasteiger partial charge in [-0.05, 0) is 63.6 Å². The van der Waals surface area contributed by atoms with Crippen molar-refractivity contribution >= 4 is 11.3 Å². The fourth-order valence-corrected chi connectivity index (χ4v) is 5.29. The Morgan fingerprint density at radius 3 is 2.68 bits per heavy atom. The summed E-state index contributed by atoms with van der Waals surface area (Å²) < 4.78 is 6.52. The van der Waals surface area contributed by atoms with Crippen molar-refractivity contribution in [2.45, 2.75) is 91.3 Å². The van der Waals surface area contributed by atoms with E-state index < -0.39 is 0 Å². The predicted molar refractivity (Wildman–Crippen MR) is 129 cm³/mol. The number of aliphatic hydroxyl groups excluding tert-OH is 1. The van der Waals surface area contributed by atoms with E-state index >= 15 is 0 Å². The molecule has 0 radical (unpaired) electrons. The van der Waals surface area contributed by atoms with Gasteiger partial charge in [-0.25, -0.2) is 0 Å². The molecule has 1 N–H and O–H groups in total. The van der Waals surface area contributed by atoms with E-state index in [1.807, 2.05) is 22.9 Å². The number of likely N-dealkylation sites (tertiary alicyclic amines) is 1. The largest absolute Gasteiger partial charge is 0.396 e. The maximum atomic E-state index is 9.42. The highest BCUT2D eigenvalue weighted by Crippen LogP contribution is 2.38. The van der Waals surface area contributed by atoms with Crippen LogP contribution in [0.15, 0.2) is 12.3 Å². The van der Waals surface area contributed by atoms with Gasteiger partial charge in [0.05, 0.1) is 5.69 Å². The highest BCUT2D eigenvalue weighted by Gasteiger charge is 2.29. The number of thiophene rings is 1. The Hall–Kier alpha value is -1.28. The molecule has 1 aliphatic rings. The summed E-state index contributed by atoms with van der Waals surface area (Å²) in [6, 6.07) is 2.94. The van der Waals surface area contributed by atoms with Gasteiger partial charge in [0.25, 0.3) is 0 Å². The quantitative estimate of drug-likeness (QED) is 0.570. The van der Waals surface area contributed by atoms with Gasteiger partial charge in [-0.2, -0.15) is 0 Å². The summed E-state index contributed by atoms with van der Waals surface area (Å²) in [5, 5.41) is 18.1. The van der Waals surface area contributed by atoms with E-state index in [9.17, 15) is 5.11 Å². The third-order valence-electron chi connectivity index (χ3n) is 6.01. The second-order valence-electron chi connectivity index (χ2n) is 8.36. The fraction of sp³-hybridized carbons (Fsp3) is 0.750. The number of nitrogens with zero attached hydrogens (tertiary/aromatic N) is 4. The molecular weight excluding hydrogens is 408 g/mol. The van der Waals surface area contributed by atoms with Crippen LogP contribution < -0.4 is 0 Å². The van der Waals surface area contributed by atoms with Crippen LogP contribution in [0.5, 0.6) is 0 Å². The van der Waals surface area contributed by atoms with Crippen LogP contribution in [0.3, 0.4) is 0 Å². The van der Waals surface area contributed by atoms with Gasteiger partial charge in [-0.3, -0.25) is 9.58 Å². The number of aryl methyl sites for hydroxylation is 2. The number of ether oxygens (including phenoxy) is 1. The maximum Gasteiger partial charge on any atom is 0.0967 e. The average molecular weight is 451 g/mol. The normalized spacial score (nSPS) is 19.3. The third kappa shape index (κ3) is 7.97. The van der Waals surface area contributed by atoms with Gasteiger partial charge in [-0.1, -0.05) is 25.5 Å². The summed E-state index contributed by atoms with van der Waals surface area (Å²) in [5.41, 5.74) is 2.59. The number of aliphatic hydroxyl groups is 1. The van der Waals surface area contributed by atoms with Crippen molar-refractivity contribution in [1.29, 1.82) is 0 Å². The molecule has 31 heavy (non-hydrogen) atoms. The number of hydrogen-bond acceptors (Lipinski definition) is 6. The molecule has 1 aliphatic heterocycles. The van der Waals surface area contributed by atoms with Crippen molar-refractivity contribution in [2.75, 3.05) is 26.9 Å². The first-order chi connectivity index (χ1) is 15.1. The van der Waals surface area contributed by atoms with Crippen LogP contribution in [-0.2, 0) is 30.7 Å². The van der Waals surface area contributed by atoms with E-state index in [0.29, 0.717) is 12.0 Å². The molecule has 1 unspecified atom stereocenters. The molecule has 0 aromatic carbocycles. The van der Waals surface area contributed by atoms with Crippen molar-refractivity contribution in [1.82, 2.24) is 19.9 Å². The zero-order valence-corrected chi connectivity index (χ0v) is 21.0.